The SMILES string of the molecule is Cc1c(F)cc(CCC(=O)O)c(C)c1Cl. The van der Waals surface area contributed by atoms with E-state index in [1.807, 2.05) is 0 Å². The third kappa shape index (κ3) is 2.69. The van der Waals surface area contributed by atoms with Gasteiger partial charge in [0.05, 0.1) is 0 Å². The van der Waals surface area contributed by atoms with E-state index in [-0.39, 0.29) is 12.2 Å². The number of halogens is 2. The van der Waals surface area contributed by atoms with E-state index < -0.39 is 5.97 Å². The molecule has 0 aromatic heterocycles. The van der Waals surface area contributed by atoms with Gasteiger partial charge in [0.1, 0.15) is 5.82 Å². The molecule has 1 aromatic rings. The number of carboxylic acids is 1. The maximum atomic E-state index is 13.3. The van der Waals surface area contributed by atoms with E-state index in [2.05, 4.69) is 0 Å². The van der Waals surface area contributed by atoms with Crippen molar-refractivity contribution in [2.45, 2.75) is 26.7 Å². The molecule has 2 nitrogen and oxygen atoms in total. The molecule has 82 valence electrons. The van der Waals surface area contributed by atoms with Crippen LogP contribution >= 0.6 is 11.6 Å². The van der Waals surface area contributed by atoms with Gasteiger partial charge in [-0.25, -0.2) is 4.39 Å². The lowest BCUT2D eigenvalue weighted by Gasteiger charge is -2.09. The van der Waals surface area contributed by atoms with E-state index in [1.165, 1.54) is 6.07 Å². The number of hydrogen-bond acceptors (Lipinski definition) is 1. The van der Waals surface area contributed by atoms with Crippen LogP contribution in [0.15, 0.2) is 6.07 Å². The fourth-order valence-corrected chi connectivity index (χ4v) is 1.61. The number of carbonyl (C=O) groups is 1. The third-order valence-corrected chi connectivity index (χ3v) is 2.97. The Bertz CT molecular complexity index is 402. The molecular weight excluding hydrogens is 219 g/mol. The molecule has 0 unspecified atom stereocenters. The summed E-state index contributed by atoms with van der Waals surface area (Å²) in [6.45, 7) is 3.37. The Labute approximate surface area is 92.7 Å². The molecule has 0 atom stereocenters. The minimum atomic E-state index is -0.897. The van der Waals surface area contributed by atoms with Gasteiger partial charge in [0.25, 0.3) is 0 Å². The minimum Gasteiger partial charge on any atom is -0.481 e. The van der Waals surface area contributed by atoms with Gasteiger partial charge in [-0.1, -0.05) is 11.6 Å². The second-order valence-corrected chi connectivity index (χ2v) is 3.85. The Balaban J connectivity index is 3.04. The minimum absolute atomic E-state index is 0.0142. The van der Waals surface area contributed by atoms with Gasteiger partial charge in [-0.05, 0) is 37.5 Å². The number of rotatable bonds is 3. The van der Waals surface area contributed by atoms with Crippen LogP contribution in [-0.2, 0) is 11.2 Å². The highest BCUT2D eigenvalue weighted by molar-refractivity contribution is 6.32. The van der Waals surface area contributed by atoms with Crippen LogP contribution in [0, 0.1) is 19.7 Å². The number of benzene rings is 1. The van der Waals surface area contributed by atoms with Crippen molar-refractivity contribution in [2.24, 2.45) is 0 Å². The van der Waals surface area contributed by atoms with Gasteiger partial charge >= 0.3 is 5.97 Å². The van der Waals surface area contributed by atoms with E-state index >= 15 is 0 Å². The zero-order chi connectivity index (χ0) is 11.6. The van der Waals surface area contributed by atoms with Gasteiger partial charge in [-0.3, -0.25) is 4.79 Å². The fraction of sp³-hybridized carbons (Fsp3) is 0.364. The van der Waals surface area contributed by atoms with E-state index in [1.54, 1.807) is 13.8 Å². The Morgan fingerprint density at radius 2 is 2.07 bits per heavy atom. The first kappa shape index (κ1) is 12.0. The average Bonchev–Trinajstić information content (AvgIpc) is 2.18. The molecule has 0 saturated heterocycles. The van der Waals surface area contributed by atoms with Crippen molar-refractivity contribution in [1.82, 2.24) is 0 Å². The molecule has 0 fully saturated rings. The van der Waals surface area contributed by atoms with E-state index in [4.69, 9.17) is 16.7 Å². The molecule has 0 heterocycles. The highest BCUT2D eigenvalue weighted by Crippen LogP contribution is 2.26. The number of aliphatic carboxylic acids is 1. The maximum Gasteiger partial charge on any atom is 0.303 e. The molecule has 1 rings (SSSR count). The third-order valence-electron chi connectivity index (χ3n) is 2.41. The maximum absolute atomic E-state index is 13.3. The van der Waals surface area contributed by atoms with E-state index in [0.717, 1.165) is 5.56 Å². The molecule has 0 amide bonds. The molecule has 1 aromatic carbocycles. The van der Waals surface area contributed by atoms with Crippen molar-refractivity contribution < 1.29 is 14.3 Å². The van der Waals surface area contributed by atoms with Crippen molar-refractivity contribution in [3.05, 3.63) is 33.6 Å². The van der Waals surface area contributed by atoms with Gasteiger partial charge in [-0.2, -0.15) is 0 Å². The summed E-state index contributed by atoms with van der Waals surface area (Å²) in [5, 5.41) is 8.92. The van der Waals surface area contributed by atoms with Gasteiger partial charge < -0.3 is 5.11 Å². The normalized spacial score (nSPS) is 10.4. The molecular formula is C11H12ClFO2. The first-order chi connectivity index (χ1) is 6.93. The summed E-state index contributed by atoms with van der Waals surface area (Å²) >= 11 is 5.92. The lowest BCUT2D eigenvalue weighted by molar-refractivity contribution is -0.136. The molecule has 0 aliphatic carbocycles. The van der Waals surface area contributed by atoms with Crippen LogP contribution in [0.3, 0.4) is 0 Å². The molecule has 0 saturated carbocycles. The smallest absolute Gasteiger partial charge is 0.303 e. The highest BCUT2D eigenvalue weighted by atomic mass is 35.5. The van der Waals surface area contributed by atoms with E-state index in [9.17, 15) is 9.18 Å². The Morgan fingerprint density at radius 1 is 1.47 bits per heavy atom. The Morgan fingerprint density at radius 3 is 2.60 bits per heavy atom. The van der Waals surface area contributed by atoms with Crippen LogP contribution in [0.4, 0.5) is 4.39 Å². The Kier molecular flexibility index (Phi) is 3.69. The highest BCUT2D eigenvalue weighted by Gasteiger charge is 2.11. The molecule has 0 bridgehead atoms. The quantitative estimate of drug-likeness (QED) is 0.866. The Hall–Kier alpha value is -1.09. The van der Waals surface area contributed by atoms with E-state index in [0.29, 0.717) is 22.6 Å². The van der Waals surface area contributed by atoms with Gasteiger partial charge in [-0.15, -0.1) is 0 Å². The second kappa shape index (κ2) is 4.62. The number of hydrogen-bond donors (Lipinski definition) is 1. The van der Waals surface area contributed by atoms with Crippen molar-refractivity contribution >= 4 is 17.6 Å². The van der Waals surface area contributed by atoms with Crippen LogP contribution in [-0.4, -0.2) is 11.1 Å². The van der Waals surface area contributed by atoms with Crippen molar-refractivity contribution in [3.8, 4) is 0 Å². The first-order valence-electron chi connectivity index (χ1n) is 4.59. The molecule has 0 aliphatic heterocycles. The summed E-state index contributed by atoms with van der Waals surface area (Å²) < 4.78 is 13.3. The summed E-state index contributed by atoms with van der Waals surface area (Å²) in [5.74, 6) is -1.28. The summed E-state index contributed by atoms with van der Waals surface area (Å²) in [6, 6.07) is 1.36. The van der Waals surface area contributed by atoms with Crippen LogP contribution in [0.5, 0.6) is 0 Å². The standard InChI is InChI=1S/C11H12ClFO2/c1-6-8(3-4-10(14)15)5-9(13)7(2)11(6)12/h5H,3-4H2,1-2H3,(H,14,15). The van der Waals surface area contributed by atoms with Crippen LogP contribution < -0.4 is 0 Å². The summed E-state index contributed by atoms with van der Waals surface area (Å²) in [6.07, 6.45) is 0.289. The molecule has 0 aliphatic rings. The summed E-state index contributed by atoms with van der Waals surface area (Å²) in [7, 11) is 0. The lowest BCUT2D eigenvalue weighted by atomic mass is 10.0. The fourth-order valence-electron chi connectivity index (χ4n) is 1.40. The molecule has 15 heavy (non-hydrogen) atoms. The first-order valence-corrected chi connectivity index (χ1v) is 4.97. The molecule has 0 radical (unpaired) electrons. The van der Waals surface area contributed by atoms with Crippen molar-refractivity contribution in [2.75, 3.05) is 0 Å². The summed E-state index contributed by atoms with van der Waals surface area (Å²) in [4.78, 5) is 10.4. The zero-order valence-corrected chi connectivity index (χ0v) is 9.36. The monoisotopic (exact) mass is 230 g/mol. The number of carboxylic acid groups (broad SMARTS) is 1. The van der Waals surface area contributed by atoms with Crippen LogP contribution in [0.25, 0.3) is 0 Å². The lowest BCUT2D eigenvalue weighted by Crippen LogP contribution is -2.01. The molecule has 4 heteroatoms. The van der Waals surface area contributed by atoms with Crippen LogP contribution in [0.2, 0.25) is 5.02 Å². The van der Waals surface area contributed by atoms with Crippen molar-refractivity contribution in [1.29, 1.82) is 0 Å². The predicted molar refractivity (Wildman–Crippen MR) is 56.8 cm³/mol. The zero-order valence-electron chi connectivity index (χ0n) is 8.60. The topological polar surface area (TPSA) is 37.3 Å². The molecule has 0 spiro atoms. The molecule has 1 N–H and O–H groups in total. The van der Waals surface area contributed by atoms with Crippen molar-refractivity contribution in [3.63, 3.8) is 0 Å². The predicted octanol–water partition coefficient (Wildman–Crippen LogP) is 3.11. The largest absolute Gasteiger partial charge is 0.481 e. The van der Waals surface area contributed by atoms with Crippen LogP contribution in [0.1, 0.15) is 23.1 Å². The second-order valence-electron chi connectivity index (χ2n) is 3.48. The van der Waals surface area contributed by atoms with Gasteiger partial charge in [0, 0.05) is 17.0 Å². The summed E-state index contributed by atoms with van der Waals surface area (Å²) in [5.41, 5.74) is 1.83. The number of aryl methyl sites for hydroxylation is 1. The van der Waals surface area contributed by atoms with Gasteiger partial charge in [0.2, 0.25) is 0 Å². The average molecular weight is 231 g/mol. The van der Waals surface area contributed by atoms with Gasteiger partial charge in [0.15, 0.2) is 0 Å².